The molecule has 0 saturated carbocycles. The quantitative estimate of drug-likeness (QED) is 0.737. The Labute approximate surface area is 145 Å². The van der Waals surface area contributed by atoms with Gasteiger partial charge in [0.25, 0.3) is 0 Å². The molecule has 3 aromatic rings. The summed E-state index contributed by atoms with van der Waals surface area (Å²) >= 11 is 0. The van der Waals surface area contributed by atoms with Crippen molar-refractivity contribution in [2.45, 2.75) is 12.1 Å². The number of rotatable bonds is 5. The zero-order chi connectivity index (χ0) is 16.4. The van der Waals surface area contributed by atoms with Gasteiger partial charge in [-0.1, -0.05) is 12.1 Å². The van der Waals surface area contributed by atoms with E-state index < -0.39 is 12.1 Å². The largest absolute Gasteiger partial charge is 0.389 e. The van der Waals surface area contributed by atoms with Gasteiger partial charge in [-0.15, -0.1) is 12.4 Å². The molecule has 3 rings (SSSR count). The number of hydrogen-bond acceptors (Lipinski definition) is 2. The van der Waals surface area contributed by atoms with Crippen LogP contribution < -0.4 is 5.32 Å². The number of halogens is 3. The van der Waals surface area contributed by atoms with E-state index in [2.05, 4.69) is 5.32 Å². The number of nitrogens with one attached hydrogen (secondary N) is 1. The van der Waals surface area contributed by atoms with Crippen LogP contribution in [0, 0.1) is 11.6 Å². The van der Waals surface area contributed by atoms with Gasteiger partial charge in [0.05, 0.1) is 17.7 Å². The maximum atomic E-state index is 13.6. The molecule has 0 saturated heterocycles. The van der Waals surface area contributed by atoms with E-state index in [1.165, 1.54) is 24.3 Å². The van der Waals surface area contributed by atoms with Crippen LogP contribution in [0.5, 0.6) is 0 Å². The van der Waals surface area contributed by atoms with Crippen LogP contribution >= 0.6 is 12.4 Å². The van der Waals surface area contributed by atoms with Gasteiger partial charge in [-0.3, -0.25) is 0 Å². The van der Waals surface area contributed by atoms with Gasteiger partial charge in [-0.05, 0) is 54.4 Å². The number of aliphatic hydroxyl groups is 1. The molecule has 24 heavy (non-hydrogen) atoms. The molecule has 0 fully saturated rings. The summed E-state index contributed by atoms with van der Waals surface area (Å²) < 4.78 is 29.0. The summed E-state index contributed by atoms with van der Waals surface area (Å²) in [5.41, 5.74) is 1.30. The van der Waals surface area contributed by atoms with Gasteiger partial charge in [-0.25, -0.2) is 8.78 Å². The van der Waals surface area contributed by atoms with Crippen molar-refractivity contribution in [1.82, 2.24) is 9.88 Å². The number of benzene rings is 2. The van der Waals surface area contributed by atoms with Crippen molar-refractivity contribution in [2.75, 3.05) is 13.6 Å². The Morgan fingerprint density at radius 2 is 1.83 bits per heavy atom. The molecule has 0 radical (unpaired) electrons. The van der Waals surface area contributed by atoms with Crippen molar-refractivity contribution in [3.63, 3.8) is 0 Å². The zero-order valence-electron chi connectivity index (χ0n) is 13.1. The molecule has 128 valence electrons. The summed E-state index contributed by atoms with van der Waals surface area (Å²) in [6.45, 7) is 0.330. The van der Waals surface area contributed by atoms with E-state index in [-0.39, 0.29) is 24.0 Å². The summed E-state index contributed by atoms with van der Waals surface area (Å²) in [4.78, 5) is 0. The highest BCUT2D eigenvalue weighted by Crippen LogP contribution is 2.28. The Hall–Kier alpha value is -1.95. The van der Waals surface area contributed by atoms with Gasteiger partial charge in [0.1, 0.15) is 11.6 Å². The Bertz CT molecular complexity index is 822. The van der Waals surface area contributed by atoms with Crippen LogP contribution in [-0.4, -0.2) is 29.4 Å². The van der Waals surface area contributed by atoms with Crippen LogP contribution in [0.2, 0.25) is 0 Å². The van der Waals surface area contributed by atoms with E-state index in [4.69, 9.17) is 0 Å². The van der Waals surface area contributed by atoms with Crippen molar-refractivity contribution < 1.29 is 13.9 Å². The van der Waals surface area contributed by atoms with Crippen molar-refractivity contribution >= 4 is 23.3 Å². The van der Waals surface area contributed by atoms with Crippen molar-refractivity contribution in [1.29, 1.82) is 0 Å². The lowest BCUT2D eigenvalue weighted by Gasteiger charge is -2.26. The molecule has 0 aliphatic rings. The summed E-state index contributed by atoms with van der Waals surface area (Å²) in [5.74, 6) is -0.717. The van der Waals surface area contributed by atoms with Gasteiger partial charge in [-0.2, -0.15) is 0 Å². The molecule has 0 aliphatic carbocycles. The average Bonchev–Trinajstić information content (AvgIpc) is 2.91. The molecule has 0 aliphatic heterocycles. The Morgan fingerprint density at radius 1 is 1.08 bits per heavy atom. The average molecular weight is 353 g/mol. The molecule has 2 N–H and O–H groups in total. The standard InChI is InChI=1S/C18H18F2N2O.ClH/c1-21-11-17(23)18(13-3-2-4-14(19)9-13)22-8-7-12-5-6-15(20)10-16(12)22;/h2-10,17-18,21,23H,11H2,1H3;1H/t17-,18+;/m1./s1. The maximum Gasteiger partial charge on any atom is 0.125 e. The van der Waals surface area contributed by atoms with Crippen molar-refractivity contribution in [3.8, 4) is 0 Å². The highest BCUT2D eigenvalue weighted by molar-refractivity contribution is 5.85. The SMILES string of the molecule is CNC[C@@H](O)[C@H](c1cccc(F)c1)n1ccc2ccc(F)cc21.Cl. The molecule has 0 bridgehead atoms. The summed E-state index contributed by atoms with van der Waals surface area (Å²) in [5, 5.41) is 14.3. The molecule has 1 heterocycles. The summed E-state index contributed by atoms with van der Waals surface area (Å²) in [7, 11) is 1.74. The smallest absolute Gasteiger partial charge is 0.125 e. The van der Waals surface area contributed by atoms with E-state index in [1.54, 1.807) is 36.0 Å². The minimum absolute atomic E-state index is 0. The molecular formula is C18H19ClF2N2O. The van der Waals surface area contributed by atoms with Crippen LogP contribution in [0.1, 0.15) is 11.6 Å². The zero-order valence-corrected chi connectivity index (χ0v) is 13.9. The molecule has 0 spiro atoms. The third-order valence-electron chi connectivity index (χ3n) is 3.95. The molecule has 3 nitrogen and oxygen atoms in total. The Kier molecular flexibility index (Phi) is 5.94. The van der Waals surface area contributed by atoms with Crippen LogP contribution in [0.4, 0.5) is 8.78 Å². The van der Waals surface area contributed by atoms with Crippen LogP contribution in [0.15, 0.2) is 54.7 Å². The molecule has 2 atom stereocenters. The van der Waals surface area contributed by atoms with E-state index in [1.807, 2.05) is 6.07 Å². The summed E-state index contributed by atoms with van der Waals surface area (Å²) in [6.07, 6.45) is 0.999. The van der Waals surface area contributed by atoms with Gasteiger partial charge < -0.3 is 15.0 Å². The van der Waals surface area contributed by atoms with Gasteiger partial charge >= 0.3 is 0 Å². The first-order valence-electron chi connectivity index (χ1n) is 7.44. The number of nitrogens with zero attached hydrogens (tertiary/aromatic N) is 1. The lowest BCUT2D eigenvalue weighted by molar-refractivity contribution is 0.132. The Morgan fingerprint density at radius 3 is 2.54 bits per heavy atom. The fourth-order valence-electron chi connectivity index (χ4n) is 2.94. The second-order valence-electron chi connectivity index (χ2n) is 5.55. The van der Waals surface area contributed by atoms with Gasteiger partial charge in [0, 0.05) is 12.7 Å². The summed E-state index contributed by atoms with van der Waals surface area (Å²) in [6, 6.07) is 12.0. The topological polar surface area (TPSA) is 37.2 Å². The first-order valence-corrected chi connectivity index (χ1v) is 7.44. The first-order chi connectivity index (χ1) is 11.1. The number of aromatic nitrogens is 1. The van der Waals surface area contributed by atoms with Gasteiger partial charge in [0.15, 0.2) is 0 Å². The lowest BCUT2D eigenvalue weighted by Crippen LogP contribution is -2.33. The number of fused-ring (bicyclic) bond motifs is 1. The lowest BCUT2D eigenvalue weighted by atomic mass is 10.0. The van der Waals surface area contributed by atoms with Crippen LogP contribution in [-0.2, 0) is 0 Å². The maximum absolute atomic E-state index is 13.6. The van der Waals surface area contributed by atoms with Crippen LogP contribution in [0.25, 0.3) is 10.9 Å². The third-order valence-corrected chi connectivity index (χ3v) is 3.95. The monoisotopic (exact) mass is 352 g/mol. The molecule has 1 aromatic heterocycles. The Balaban J connectivity index is 0.00000208. The fraction of sp³-hybridized carbons (Fsp3) is 0.222. The second kappa shape index (κ2) is 7.75. The van der Waals surface area contributed by atoms with E-state index in [0.717, 1.165) is 5.39 Å². The minimum Gasteiger partial charge on any atom is -0.389 e. The highest BCUT2D eigenvalue weighted by Gasteiger charge is 2.24. The fourth-order valence-corrected chi connectivity index (χ4v) is 2.94. The minimum atomic E-state index is -0.791. The van der Waals surface area contributed by atoms with E-state index in [0.29, 0.717) is 17.6 Å². The molecular weight excluding hydrogens is 334 g/mol. The van der Waals surface area contributed by atoms with E-state index >= 15 is 0 Å². The van der Waals surface area contributed by atoms with Crippen molar-refractivity contribution in [3.05, 3.63) is 71.9 Å². The van der Waals surface area contributed by atoms with Gasteiger partial charge in [0.2, 0.25) is 0 Å². The number of aliphatic hydroxyl groups excluding tert-OH is 1. The highest BCUT2D eigenvalue weighted by atomic mass is 35.5. The van der Waals surface area contributed by atoms with Crippen LogP contribution in [0.3, 0.4) is 0 Å². The molecule has 0 amide bonds. The molecule has 2 aromatic carbocycles. The normalized spacial score (nSPS) is 13.5. The third kappa shape index (κ3) is 3.59. The van der Waals surface area contributed by atoms with Crippen molar-refractivity contribution in [2.24, 2.45) is 0 Å². The second-order valence-corrected chi connectivity index (χ2v) is 5.55. The molecule has 0 unspecified atom stereocenters. The molecule has 6 heteroatoms. The predicted molar refractivity (Wildman–Crippen MR) is 93.6 cm³/mol. The predicted octanol–water partition coefficient (Wildman–Crippen LogP) is 3.51. The van der Waals surface area contributed by atoms with E-state index in [9.17, 15) is 13.9 Å². The first kappa shape index (κ1) is 18.4. The number of hydrogen-bond donors (Lipinski definition) is 2. The number of likely N-dealkylation sites (N-methyl/N-ethyl adjacent to an activating group) is 1.